The van der Waals surface area contributed by atoms with Crippen molar-refractivity contribution in [3.8, 4) is 5.75 Å². The standard InChI is InChI=1S/C16H17ClN2O2/c1-12(14-7-4-5-10-18-14)19-16(20)9-11-21-15-8-3-2-6-13(15)17/h2-8,10,12H,9,11H2,1H3,(H,19,20). The van der Waals surface area contributed by atoms with Crippen LogP contribution < -0.4 is 10.1 Å². The Bertz CT molecular complexity index is 590. The first-order chi connectivity index (χ1) is 10.2. The fraction of sp³-hybridized carbons (Fsp3) is 0.250. The van der Waals surface area contributed by atoms with Gasteiger partial charge in [-0.05, 0) is 31.2 Å². The number of aromatic nitrogens is 1. The van der Waals surface area contributed by atoms with Crippen molar-refractivity contribution in [2.24, 2.45) is 0 Å². The molecule has 1 amide bonds. The molecule has 1 atom stereocenters. The molecule has 0 aliphatic heterocycles. The number of nitrogens with zero attached hydrogens (tertiary/aromatic N) is 1. The minimum absolute atomic E-state index is 0.0831. The first kappa shape index (κ1) is 15.3. The molecule has 0 aliphatic rings. The van der Waals surface area contributed by atoms with E-state index in [1.165, 1.54) is 0 Å². The lowest BCUT2D eigenvalue weighted by atomic mass is 10.2. The zero-order valence-electron chi connectivity index (χ0n) is 11.8. The number of hydrogen-bond donors (Lipinski definition) is 1. The average Bonchev–Trinajstić information content (AvgIpc) is 2.50. The Morgan fingerprint density at radius 3 is 2.76 bits per heavy atom. The van der Waals surface area contributed by atoms with E-state index in [0.717, 1.165) is 5.69 Å². The van der Waals surface area contributed by atoms with Crippen molar-refractivity contribution in [1.29, 1.82) is 0 Å². The number of benzene rings is 1. The normalized spacial score (nSPS) is 11.7. The minimum Gasteiger partial charge on any atom is -0.491 e. The summed E-state index contributed by atoms with van der Waals surface area (Å²) >= 11 is 5.97. The van der Waals surface area contributed by atoms with Crippen LogP contribution in [-0.4, -0.2) is 17.5 Å². The molecule has 21 heavy (non-hydrogen) atoms. The van der Waals surface area contributed by atoms with E-state index in [4.69, 9.17) is 16.3 Å². The Morgan fingerprint density at radius 2 is 2.05 bits per heavy atom. The van der Waals surface area contributed by atoms with Crippen molar-refractivity contribution in [2.45, 2.75) is 19.4 Å². The Hall–Kier alpha value is -2.07. The van der Waals surface area contributed by atoms with Crippen molar-refractivity contribution in [3.05, 3.63) is 59.4 Å². The Balaban J connectivity index is 1.76. The molecule has 0 saturated carbocycles. The third-order valence-electron chi connectivity index (χ3n) is 2.93. The van der Waals surface area contributed by atoms with Gasteiger partial charge in [-0.1, -0.05) is 29.8 Å². The van der Waals surface area contributed by atoms with E-state index in [1.54, 1.807) is 18.3 Å². The van der Waals surface area contributed by atoms with Gasteiger partial charge < -0.3 is 10.1 Å². The quantitative estimate of drug-likeness (QED) is 0.890. The maximum absolute atomic E-state index is 11.9. The van der Waals surface area contributed by atoms with Crippen LogP contribution in [-0.2, 0) is 4.79 Å². The smallest absolute Gasteiger partial charge is 0.223 e. The molecule has 1 N–H and O–H groups in total. The second-order valence-corrected chi connectivity index (χ2v) is 4.98. The highest BCUT2D eigenvalue weighted by atomic mass is 35.5. The topological polar surface area (TPSA) is 51.2 Å². The number of amides is 1. The summed E-state index contributed by atoms with van der Waals surface area (Å²) in [6, 6.07) is 12.7. The van der Waals surface area contributed by atoms with Crippen LogP contribution >= 0.6 is 11.6 Å². The molecule has 1 aromatic carbocycles. The highest BCUT2D eigenvalue weighted by molar-refractivity contribution is 6.32. The zero-order valence-corrected chi connectivity index (χ0v) is 12.5. The summed E-state index contributed by atoms with van der Waals surface area (Å²) in [5, 5.41) is 3.42. The number of ether oxygens (including phenoxy) is 1. The summed E-state index contributed by atoms with van der Waals surface area (Å²) in [6.45, 7) is 2.18. The van der Waals surface area contributed by atoms with Gasteiger partial charge in [-0.25, -0.2) is 0 Å². The zero-order chi connectivity index (χ0) is 15.1. The van der Waals surface area contributed by atoms with Gasteiger partial charge in [-0.2, -0.15) is 0 Å². The molecule has 1 unspecified atom stereocenters. The lowest BCUT2D eigenvalue weighted by molar-refractivity contribution is -0.122. The number of carbonyl (C=O) groups excluding carboxylic acids is 1. The maximum Gasteiger partial charge on any atom is 0.223 e. The van der Waals surface area contributed by atoms with Gasteiger partial charge in [0.15, 0.2) is 0 Å². The van der Waals surface area contributed by atoms with Crippen LogP contribution in [0.3, 0.4) is 0 Å². The van der Waals surface area contributed by atoms with Crippen molar-refractivity contribution < 1.29 is 9.53 Å². The molecule has 4 nitrogen and oxygen atoms in total. The summed E-state index contributed by atoms with van der Waals surface area (Å²) in [5.41, 5.74) is 0.831. The first-order valence-electron chi connectivity index (χ1n) is 6.74. The molecule has 1 heterocycles. The third-order valence-corrected chi connectivity index (χ3v) is 3.24. The molecule has 0 fully saturated rings. The fourth-order valence-electron chi connectivity index (χ4n) is 1.84. The van der Waals surface area contributed by atoms with E-state index >= 15 is 0 Å². The summed E-state index contributed by atoms with van der Waals surface area (Å²) in [5.74, 6) is 0.505. The highest BCUT2D eigenvalue weighted by Gasteiger charge is 2.10. The van der Waals surface area contributed by atoms with Gasteiger partial charge in [-0.15, -0.1) is 0 Å². The molecular formula is C16H17ClN2O2. The molecule has 5 heteroatoms. The molecule has 0 bridgehead atoms. The number of pyridine rings is 1. The Kier molecular flexibility index (Phi) is 5.58. The van der Waals surface area contributed by atoms with Crippen molar-refractivity contribution in [2.75, 3.05) is 6.61 Å². The van der Waals surface area contributed by atoms with Crippen LogP contribution in [0.4, 0.5) is 0 Å². The van der Waals surface area contributed by atoms with Gasteiger partial charge in [0.25, 0.3) is 0 Å². The maximum atomic E-state index is 11.9. The van der Waals surface area contributed by atoms with Crippen LogP contribution in [0.25, 0.3) is 0 Å². The molecule has 0 aliphatic carbocycles. The van der Waals surface area contributed by atoms with Crippen LogP contribution in [0.1, 0.15) is 25.1 Å². The lowest BCUT2D eigenvalue weighted by Crippen LogP contribution is -2.28. The van der Waals surface area contributed by atoms with E-state index in [2.05, 4.69) is 10.3 Å². The molecule has 0 saturated heterocycles. The minimum atomic E-state index is -0.126. The summed E-state index contributed by atoms with van der Waals surface area (Å²) < 4.78 is 5.49. The highest BCUT2D eigenvalue weighted by Crippen LogP contribution is 2.23. The Morgan fingerprint density at radius 1 is 1.29 bits per heavy atom. The molecular weight excluding hydrogens is 288 g/mol. The van der Waals surface area contributed by atoms with Gasteiger partial charge in [0.05, 0.1) is 29.8 Å². The molecule has 2 aromatic rings. The number of carbonyl (C=O) groups is 1. The molecule has 0 radical (unpaired) electrons. The van der Waals surface area contributed by atoms with Gasteiger partial charge >= 0.3 is 0 Å². The molecule has 1 aromatic heterocycles. The third kappa shape index (κ3) is 4.76. The number of hydrogen-bond acceptors (Lipinski definition) is 3. The van der Waals surface area contributed by atoms with E-state index in [0.29, 0.717) is 10.8 Å². The van der Waals surface area contributed by atoms with E-state index < -0.39 is 0 Å². The predicted octanol–water partition coefficient (Wildman–Crippen LogP) is 3.38. The van der Waals surface area contributed by atoms with Crippen LogP contribution in [0.15, 0.2) is 48.7 Å². The molecule has 110 valence electrons. The van der Waals surface area contributed by atoms with Gasteiger partial charge in [0.2, 0.25) is 5.91 Å². The largest absolute Gasteiger partial charge is 0.491 e. The summed E-state index contributed by atoms with van der Waals surface area (Å²) in [7, 11) is 0. The fourth-order valence-corrected chi connectivity index (χ4v) is 2.03. The lowest BCUT2D eigenvalue weighted by Gasteiger charge is -2.13. The van der Waals surface area contributed by atoms with E-state index in [1.807, 2.05) is 37.3 Å². The van der Waals surface area contributed by atoms with Crippen molar-refractivity contribution in [3.63, 3.8) is 0 Å². The Labute approximate surface area is 129 Å². The van der Waals surface area contributed by atoms with Crippen LogP contribution in [0.2, 0.25) is 5.02 Å². The van der Waals surface area contributed by atoms with E-state index in [-0.39, 0.29) is 25.0 Å². The number of nitrogens with one attached hydrogen (secondary N) is 1. The predicted molar refractivity (Wildman–Crippen MR) is 82.4 cm³/mol. The van der Waals surface area contributed by atoms with E-state index in [9.17, 15) is 4.79 Å². The number of para-hydroxylation sites is 1. The molecule has 0 spiro atoms. The van der Waals surface area contributed by atoms with Crippen LogP contribution in [0.5, 0.6) is 5.75 Å². The van der Waals surface area contributed by atoms with Crippen molar-refractivity contribution >= 4 is 17.5 Å². The second-order valence-electron chi connectivity index (χ2n) is 4.57. The summed E-state index contributed by atoms with van der Waals surface area (Å²) in [4.78, 5) is 16.1. The van der Waals surface area contributed by atoms with Gasteiger partial charge in [0.1, 0.15) is 5.75 Å². The molecule has 2 rings (SSSR count). The SMILES string of the molecule is CC(NC(=O)CCOc1ccccc1Cl)c1ccccn1. The first-order valence-corrected chi connectivity index (χ1v) is 7.12. The number of halogens is 1. The average molecular weight is 305 g/mol. The van der Waals surface area contributed by atoms with Gasteiger partial charge in [-0.3, -0.25) is 9.78 Å². The van der Waals surface area contributed by atoms with Gasteiger partial charge in [0, 0.05) is 6.20 Å². The number of rotatable bonds is 6. The van der Waals surface area contributed by atoms with Crippen molar-refractivity contribution in [1.82, 2.24) is 10.3 Å². The second kappa shape index (κ2) is 7.64. The summed E-state index contributed by atoms with van der Waals surface area (Å²) in [6.07, 6.45) is 1.97. The monoisotopic (exact) mass is 304 g/mol. The van der Waals surface area contributed by atoms with Crippen LogP contribution in [0, 0.1) is 0 Å².